The summed E-state index contributed by atoms with van der Waals surface area (Å²) in [6.45, 7) is 5.92. The van der Waals surface area contributed by atoms with Crippen molar-refractivity contribution < 1.29 is 13.9 Å². The van der Waals surface area contributed by atoms with Gasteiger partial charge in [-0.15, -0.1) is 0 Å². The number of hydrogen-bond acceptors (Lipinski definition) is 3. The first-order valence-electron chi connectivity index (χ1n) is 7.76. The van der Waals surface area contributed by atoms with Gasteiger partial charge in [0.25, 0.3) is 5.91 Å². The Morgan fingerprint density at radius 1 is 1.17 bits per heavy atom. The van der Waals surface area contributed by atoms with Crippen LogP contribution in [0.15, 0.2) is 46.9 Å². The largest absolute Gasteiger partial charge is 0.483 e. The molecule has 0 aliphatic rings. The van der Waals surface area contributed by atoms with Gasteiger partial charge in [0, 0.05) is 24.5 Å². The van der Waals surface area contributed by atoms with E-state index in [1.165, 1.54) is 18.2 Å². The van der Waals surface area contributed by atoms with E-state index in [0.717, 1.165) is 18.8 Å². The van der Waals surface area contributed by atoms with Gasteiger partial charge in [0.1, 0.15) is 11.6 Å². The van der Waals surface area contributed by atoms with Gasteiger partial charge in [-0.1, -0.05) is 0 Å². The van der Waals surface area contributed by atoms with Crippen molar-refractivity contribution in [3.8, 4) is 5.75 Å². The standard InChI is InChI=1S/C18H20BrFN2O2/c1-3-22(4-2)15-8-6-14(7-9-15)21-18(23)12-24-17-10-5-13(20)11-16(17)19/h5-11H,3-4,12H2,1-2H3,(H,21,23). The van der Waals surface area contributed by atoms with Crippen LogP contribution in [0.25, 0.3) is 0 Å². The van der Waals surface area contributed by atoms with Crippen LogP contribution in [0.3, 0.4) is 0 Å². The number of halogens is 2. The highest BCUT2D eigenvalue weighted by atomic mass is 79.9. The molecule has 0 bridgehead atoms. The first-order chi connectivity index (χ1) is 11.5. The molecule has 0 radical (unpaired) electrons. The average Bonchev–Trinajstić information content (AvgIpc) is 2.56. The number of rotatable bonds is 7. The molecule has 0 aliphatic carbocycles. The van der Waals surface area contributed by atoms with Crippen LogP contribution in [0.2, 0.25) is 0 Å². The number of hydrogen-bond donors (Lipinski definition) is 1. The number of amides is 1. The number of carbonyl (C=O) groups excluding carboxylic acids is 1. The Labute approximate surface area is 149 Å². The van der Waals surface area contributed by atoms with E-state index in [1.807, 2.05) is 24.3 Å². The lowest BCUT2D eigenvalue weighted by Crippen LogP contribution is -2.22. The first kappa shape index (κ1) is 18.3. The fourth-order valence-corrected chi connectivity index (χ4v) is 2.74. The molecule has 0 fully saturated rings. The summed E-state index contributed by atoms with van der Waals surface area (Å²) in [5.41, 5.74) is 1.82. The van der Waals surface area contributed by atoms with Crippen LogP contribution in [0.5, 0.6) is 5.75 Å². The second-order valence-electron chi connectivity index (χ2n) is 5.13. The van der Waals surface area contributed by atoms with Crippen LogP contribution >= 0.6 is 15.9 Å². The molecule has 0 atom stereocenters. The van der Waals surface area contributed by atoms with Crippen molar-refractivity contribution in [1.82, 2.24) is 0 Å². The van der Waals surface area contributed by atoms with E-state index in [9.17, 15) is 9.18 Å². The fraction of sp³-hybridized carbons (Fsp3) is 0.278. The van der Waals surface area contributed by atoms with Crippen molar-refractivity contribution in [3.63, 3.8) is 0 Å². The van der Waals surface area contributed by atoms with Gasteiger partial charge < -0.3 is 15.0 Å². The molecule has 128 valence electrons. The molecule has 2 rings (SSSR count). The first-order valence-corrected chi connectivity index (χ1v) is 8.55. The Hall–Kier alpha value is -2.08. The van der Waals surface area contributed by atoms with Crippen molar-refractivity contribution >= 4 is 33.2 Å². The smallest absolute Gasteiger partial charge is 0.262 e. The quantitative estimate of drug-likeness (QED) is 0.753. The molecular formula is C18H20BrFN2O2. The van der Waals surface area contributed by atoms with Gasteiger partial charge in [-0.05, 0) is 72.2 Å². The van der Waals surface area contributed by atoms with E-state index in [4.69, 9.17) is 4.74 Å². The zero-order valence-electron chi connectivity index (χ0n) is 13.7. The summed E-state index contributed by atoms with van der Waals surface area (Å²) in [7, 11) is 0. The van der Waals surface area contributed by atoms with E-state index >= 15 is 0 Å². The Morgan fingerprint density at radius 3 is 2.42 bits per heavy atom. The van der Waals surface area contributed by atoms with Gasteiger partial charge >= 0.3 is 0 Å². The monoisotopic (exact) mass is 394 g/mol. The van der Waals surface area contributed by atoms with E-state index in [1.54, 1.807) is 0 Å². The third kappa shape index (κ3) is 4.96. The SMILES string of the molecule is CCN(CC)c1ccc(NC(=O)COc2ccc(F)cc2Br)cc1. The number of nitrogens with one attached hydrogen (secondary N) is 1. The summed E-state index contributed by atoms with van der Waals surface area (Å²) < 4.78 is 18.9. The molecule has 24 heavy (non-hydrogen) atoms. The zero-order chi connectivity index (χ0) is 17.5. The lowest BCUT2D eigenvalue weighted by atomic mass is 10.2. The van der Waals surface area contributed by atoms with E-state index < -0.39 is 0 Å². The van der Waals surface area contributed by atoms with Crippen molar-refractivity contribution in [3.05, 3.63) is 52.8 Å². The molecule has 2 aromatic carbocycles. The minimum absolute atomic E-state index is 0.151. The highest BCUT2D eigenvalue weighted by Crippen LogP contribution is 2.25. The second kappa shape index (κ2) is 8.68. The Morgan fingerprint density at radius 2 is 1.83 bits per heavy atom. The van der Waals surface area contributed by atoms with Crippen molar-refractivity contribution in [2.75, 3.05) is 29.9 Å². The van der Waals surface area contributed by atoms with Crippen LogP contribution in [-0.2, 0) is 4.79 Å². The molecular weight excluding hydrogens is 375 g/mol. The average molecular weight is 395 g/mol. The molecule has 0 unspecified atom stereocenters. The van der Waals surface area contributed by atoms with Crippen LogP contribution in [0.1, 0.15) is 13.8 Å². The normalized spacial score (nSPS) is 10.3. The molecule has 0 aliphatic heterocycles. The van der Waals surface area contributed by atoms with Gasteiger partial charge in [0.05, 0.1) is 4.47 Å². The molecule has 2 aromatic rings. The molecule has 1 N–H and O–H groups in total. The molecule has 0 heterocycles. The van der Waals surface area contributed by atoms with E-state index in [2.05, 4.69) is 40.0 Å². The molecule has 6 heteroatoms. The van der Waals surface area contributed by atoms with Crippen LogP contribution in [0.4, 0.5) is 15.8 Å². The Bertz CT molecular complexity index is 688. The van der Waals surface area contributed by atoms with Crippen molar-refractivity contribution in [2.24, 2.45) is 0 Å². The summed E-state index contributed by atoms with van der Waals surface area (Å²) in [6, 6.07) is 11.7. The summed E-state index contributed by atoms with van der Waals surface area (Å²) in [5, 5.41) is 2.77. The lowest BCUT2D eigenvalue weighted by Gasteiger charge is -2.21. The zero-order valence-corrected chi connectivity index (χ0v) is 15.3. The van der Waals surface area contributed by atoms with Crippen LogP contribution < -0.4 is 15.0 Å². The minimum Gasteiger partial charge on any atom is -0.483 e. The molecule has 4 nitrogen and oxygen atoms in total. The molecule has 0 saturated heterocycles. The maximum atomic E-state index is 13.0. The Balaban J connectivity index is 1.90. The van der Waals surface area contributed by atoms with Gasteiger partial charge in [-0.25, -0.2) is 4.39 Å². The summed E-state index contributed by atoms with van der Waals surface area (Å²) in [6.07, 6.45) is 0. The third-order valence-corrected chi connectivity index (χ3v) is 4.15. The predicted octanol–water partition coefficient (Wildman–Crippen LogP) is 4.45. The maximum Gasteiger partial charge on any atom is 0.262 e. The summed E-state index contributed by atoms with van der Waals surface area (Å²) in [4.78, 5) is 14.2. The highest BCUT2D eigenvalue weighted by molar-refractivity contribution is 9.10. The van der Waals surface area contributed by atoms with Crippen molar-refractivity contribution in [1.29, 1.82) is 0 Å². The Kier molecular flexibility index (Phi) is 6.61. The topological polar surface area (TPSA) is 41.6 Å². The highest BCUT2D eigenvalue weighted by Gasteiger charge is 2.08. The lowest BCUT2D eigenvalue weighted by molar-refractivity contribution is -0.118. The number of benzene rings is 2. The van der Waals surface area contributed by atoms with E-state index in [-0.39, 0.29) is 18.3 Å². The van der Waals surface area contributed by atoms with Crippen LogP contribution in [0, 0.1) is 5.82 Å². The van der Waals surface area contributed by atoms with Crippen molar-refractivity contribution in [2.45, 2.75) is 13.8 Å². The molecule has 0 spiro atoms. The molecule has 0 saturated carbocycles. The van der Waals surface area contributed by atoms with Gasteiger partial charge in [0.2, 0.25) is 0 Å². The number of carbonyl (C=O) groups is 1. The third-order valence-electron chi connectivity index (χ3n) is 3.53. The summed E-state index contributed by atoms with van der Waals surface area (Å²) >= 11 is 3.20. The number of nitrogens with zero attached hydrogens (tertiary/aromatic N) is 1. The maximum absolute atomic E-state index is 13.0. The minimum atomic E-state index is -0.369. The predicted molar refractivity (Wildman–Crippen MR) is 98.2 cm³/mol. The van der Waals surface area contributed by atoms with Gasteiger partial charge in [0.15, 0.2) is 6.61 Å². The number of anilines is 2. The van der Waals surface area contributed by atoms with Gasteiger partial charge in [-0.2, -0.15) is 0 Å². The molecule has 1 amide bonds. The van der Waals surface area contributed by atoms with E-state index in [0.29, 0.717) is 15.9 Å². The van der Waals surface area contributed by atoms with Crippen LogP contribution in [-0.4, -0.2) is 25.6 Å². The summed E-state index contributed by atoms with van der Waals surface area (Å²) in [5.74, 6) is -0.225. The fourth-order valence-electron chi connectivity index (χ4n) is 2.28. The number of ether oxygens (including phenoxy) is 1. The molecule has 0 aromatic heterocycles. The van der Waals surface area contributed by atoms with Gasteiger partial charge in [-0.3, -0.25) is 4.79 Å². The second-order valence-corrected chi connectivity index (χ2v) is 5.99.